The lowest BCUT2D eigenvalue weighted by Gasteiger charge is -2.29. The molecule has 0 aliphatic rings. The van der Waals surface area contributed by atoms with Crippen molar-refractivity contribution in [1.29, 1.82) is 0 Å². The number of hydrogen-bond donors (Lipinski definition) is 1. The van der Waals surface area contributed by atoms with Gasteiger partial charge < -0.3 is 5.32 Å². The number of halogens is 1. The van der Waals surface area contributed by atoms with Gasteiger partial charge >= 0.3 is 0 Å². The smallest absolute Gasteiger partial charge is 0.273 e. The zero-order chi connectivity index (χ0) is 16.0. The number of hydrogen-bond acceptors (Lipinski definition) is 3. The van der Waals surface area contributed by atoms with E-state index in [9.17, 15) is 14.9 Å². The standard InChI is InChI=1S/C15H21ClN2O3/c1-4-15(5-2,9-16)10-17-14(19)12-7-6-11(3)13(8-12)18(20)21/h6-8H,4-5,9-10H2,1-3H3,(H,17,19). The number of carbonyl (C=O) groups excluding carboxylic acids is 1. The third-order valence-corrected chi connectivity index (χ3v) is 4.64. The van der Waals surface area contributed by atoms with Gasteiger partial charge in [-0.05, 0) is 25.8 Å². The molecule has 1 N–H and O–H groups in total. The maximum atomic E-state index is 12.1. The van der Waals surface area contributed by atoms with E-state index in [1.54, 1.807) is 19.1 Å². The van der Waals surface area contributed by atoms with Crippen LogP contribution in [-0.4, -0.2) is 23.3 Å². The van der Waals surface area contributed by atoms with E-state index in [-0.39, 0.29) is 17.0 Å². The van der Waals surface area contributed by atoms with Gasteiger partial charge in [-0.25, -0.2) is 0 Å². The van der Waals surface area contributed by atoms with E-state index in [1.807, 2.05) is 13.8 Å². The Hall–Kier alpha value is -1.62. The van der Waals surface area contributed by atoms with Crippen LogP contribution < -0.4 is 5.32 Å². The van der Waals surface area contributed by atoms with E-state index in [0.29, 0.717) is 23.6 Å². The molecule has 5 nitrogen and oxygen atoms in total. The van der Waals surface area contributed by atoms with Gasteiger partial charge in [-0.1, -0.05) is 19.9 Å². The predicted molar refractivity (Wildman–Crippen MR) is 83.9 cm³/mol. The van der Waals surface area contributed by atoms with Crippen molar-refractivity contribution in [2.45, 2.75) is 33.6 Å². The largest absolute Gasteiger partial charge is 0.351 e. The molecule has 21 heavy (non-hydrogen) atoms. The van der Waals surface area contributed by atoms with E-state index in [1.165, 1.54) is 6.07 Å². The first-order valence-corrected chi connectivity index (χ1v) is 7.51. The third kappa shape index (κ3) is 4.17. The minimum Gasteiger partial charge on any atom is -0.351 e. The Kier molecular flexibility index (Phi) is 6.15. The number of benzene rings is 1. The first-order chi connectivity index (χ1) is 9.89. The number of alkyl halides is 1. The Balaban J connectivity index is 2.85. The second kappa shape index (κ2) is 7.41. The number of nitrogens with zero attached hydrogens (tertiary/aromatic N) is 1. The molecule has 0 unspecified atom stereocenters. The lowest BCUT2D eigenvalue weighted by atomic mass is 9.84. The van der Waals surface area contributed by atoms with Crippen LogP contribution in [-0.2, 0) is 0 Å². The maximum absolute atomic E-state index is 12.1. The molecule has 1 aromatic carbocycles. The number of aryl methyl sites for hydroxylation is 1. The van der Waals surface area contributed by atoms with Crippen molar-refractivity contribution in [1.82, 2.24) is 5.32 Å². The van der Waals surface area contributed by atoms with Gasteiger partial charge in [0, 0.05) is 35.0 Å². The SMILES string of the molecule is CCC(CC)(CCl)CNC(=O)c1ccc(C)c([N+](=O)[O-])c1. The lowest BCUT2D eigenvalue weighted by molar-refractivity contribution is -0.385. The number of nitro groups is 1. The highest BCUT2D eigenvalue weighted by molar-refractivity contribution is 6.18. The second-order valence-electron chi connectivity index (χ2n) is 5.28. The monoisotopic (exact) mass is 312 g/mol. The summed E-state index contributed by atoms with van der Waals surface area (Å²) in [7, 11) is 0. The van der Waals surface area contributed by atoms with Crippen LogP contribution in [0.5, 0.6) is 0 Å². The summed E-state index contributed by atoms with van der Waals surface area (Å²) >= 11 is 6.00. The van der Waals surface area contributed by atoms with Crippen molar-refractivity contribution >= 4 is 23.2 Å². The van der Waals surface area contributed by atoms with Crippen molar-refractivity contribution in [3.63, 3.8) is 0 Å². The molecule has 1 rings (SSSR count). The molecule has 0 aromatic heterocycles. The molecule has 0 heterocycles. The van der Waals surface area contributed by atoms with E-state index in [0.717, 1.165) is 12.8 Å². The van der Waals surface area contributed by atoms with Gasteiger partial charge in [0.15, 0.2) is 0 Å². The fourth-order valence-corrected chi connectivity index (χ4v) is 2.53. The predicted octanol–water partition coefficient (Wildman–Crippen LogP) is 3.68. The molecule has 0 bridgehead atoms. The molecule has 0 spiro atoms. The van der Waals surface area contributed by atoms with Gasteiger partial charge in [0.1, 0.15) is 0 Å². The fourth-order valence-electron chi connectivity index (χ4n) is 2.05. The zero-order valence-corrected chi connectivity index (χ0v) is 13.4. The Morgan fingerprint density at radius 3 is 2.48 bits per heavy atom. The van der Waals surface area contributed by atoms with Crippen molar-refractivity contribution in [2.24, 2.45) is 5.41 Å². The van der Waals surface area contributed by atoms with Crippen LogP contribution in [0.25, 0.3) is 0 Å². The maximum Gasteiger partial charge on any atom is 0.273 e. The second-order valence-corrected chi connectivity index (χ2v) is 5.55. The highest BCUT2D eigenvalue weighted by Gasteiger charge is 2.26. The number of carbonyl (C=O) groups is 1. The summed E-state index contributed by atoms with van der Waals surface area (Å²) in [5, 5.41) is 13.7. The summed E-state index contributed by atoms with van der Waals surface area (Å²) in [4.78, 5) is 22.6. The Morgan fingerprint density at radius 1 is 1.38 bits per heavy atom. The molecule has 0 atom stereocenters. The molecular weight excluding hydrogens is 292 g/mol. The summed E-state index contributed by atoms with van der Waals surface area (Å²) in [6.07, 6.45) is 1.72. The minimum absolute atomic E-state index is 0.0442. The molecule has 0 aliphatic carbocycles. The van der Waals surface area contributed by atoms with Crippen LogP contribution in [0.4, 0.5) is 5.69 Å². The van der Waals surface area contributed by atoms with Crippen molar-refractivity contribution in [3.8, 4) is 0 Å². The molecule has 0 aliphatic heterocycles. The lowest BCUT2D eigenvalue weighted by Crippen LogP contribution is -2.38. The third-order valence-electron chi connectivity index (χ3n) is 4.08. The van der Waals surface area contributed by atoms with Gasteiger partial charge in [0.05, 0.1) is 4.92 Å². The molecule has 0 fully saturated rings. The zero-order valence-electron chi connectivity index (χ0n) is 12.6. The molecule has 0 radical (unpaired) electrons. The summed E-state index contributed by atoms with van der Waals surface area (Å²) < 4.78 is 0. The van der Waals surface area contributed by atoms with Crippen molar-refractivity contribution in [2.75, 3.05) is 12.4 Å². The number of nitro benzene ring substituents is 1. The highest BCUT2D eigenvalue weighted by Crippen LogP contribution is 2.27. The quantitative estimate of drug-likeness (QED) is 0.474. The number of rotatable bonds is 7. The van der Waals surface area contributed by atoms with Gasteiger partial charge in [-0.3, -0.25) is 14.9 Å². The van der Waals surface area contributed by atoms with E-state index in [2.05, 4.69) is 5.32 Å². The van der Waals surface area contributed by atoms with Crippen molar-refractivity contribution in [3.05, 3.63) is 39.4 Å². The first kappa shape index (κ1) is 17.4. The molecule has 6 heteroatoms. The highest BCUT2D eigenvalue weighted by atomic mass is 35.5. The van der Waals surface area contributed by atoms with Gasteiger partial charge in [-0.15, -0.1) is 11.6 Å². The topological polar surface area (TPSA) is 72.2 Å². The average Bonchev–Trinajstić information content (AvgIpc) is 2.49. The van der Waals surface area contributed by atoms with Crippen molar-refractivity contribution < 1.29 is 9.72 Å². The van der Waals surface area contributed by atoms with Crippen LogP contribution in [0.3, 0.4) is 0 Å². The molecule has 116 valence electrons. The molecule has 1 amide bonds. The first-order valence-electron chi connectivity index (χ1n) is 6.98. The van der Waals surface area contributed by atoms with Crippen LogP contribution in [0.15, 0.2) is 18.2 Å². The molecule has 0 saturated carbocycles. The number of nitrogens with one attached hydrogen (secondary N) is 1. The Labute approximate surface area is 129 Å². The Morgan fingerprint density at radius 2 is 2.00 bits per heavy atom. The van der Waals surface area contributed by atoms with E-state index < -0.39 is 4.92 Å². The molecule has 0 saturated heterocycles. The fraction of sp³-hybridized carbons (Fsp3) is 0.533. The van der Waals surface area contributed by atoms with Crippen LogP contribution in [0.1, 0.15) is 42.6 Å². The normalized spacial score (nSPS) is 11.2. The summed E-state index contributed by atoms with van der Waals surface area (Å²) in [5.74, 6) is 0.156. The summed E-state index contributed by atoms with van der Waals surface area (Å²) in [5.41, 5.74) is 0.655. The average molecular weight is 313 g/mol. The van der Waals surface area contributed by atoms with Gasteiger partial charge in [0.25, 0.3) is 11.6 Å². The van der Waals surface area contributed by atoms with Gasteiger partial charge in [0.2, 0.25) is 0 Å². The van der Waals surface area contributed by atoms with E-state index in [4.69, 9.17) is 11.6 Å². The number of amides is 1. The van der Waals surface area contributed by atoms with Gasteiger partial charge in [-0.2, -0.15) is 0 Å². The van der Waals surface area contributed by atoms with Crippen LogP contribution in [0, 0.1) is 22.5 Å². The van der Waals surface area contributed by atoms with Crippen LogP contribution in [0.2, 0.25) is 0 Å². The molecular formula is C15H21ClN2O3. The van der Waals surface area contributed by atoms with Crippen LogP contribution >= 0.6 is 11.6 Å². The summed E-state index contributed by atoms with van der Waals surface area (Å²) in [6.45, 7) is 6.18. The summed E-state index contributed by atoms with van der Waals surface area (Å²) in [6, 6.07) is 4.49. The minimum atomic E-state index is -0.479. The Bertz CT molecular complexity index is 519. The molecule has 1 aromatic rings. The van der Waals surface area contributed by atoms with E-state index >= 15 is 0 Å².